The fraction of sp³-hybridized carbons (Fsp3) is 0.909. The Morgan fingerprint density at radius 1 is 1.36 bits per heavy atom. The summed E-state index contributed by atoms with van der Waals surface area (Å²) in [6.45, 7) is 7.80. The van der Waals surface area contributed by atoms with Crippen molar-refractivity contribution in [3.63, 3.8) is 0 Å². The van der Waals surface area contributed by atoms with Gasteiger partial charge in [0.2, 0.25) is 5.91 Å². The van der Waals surface area contributed by atoms with Crippen LogP contribution in [0.4, 0.5) is 0 Å². The Morgan fingerprint density at radius 2 is 2.00 bits per heavy atom. The van der Waals surface area contributed by atoms with Crippen LogP contribution in [0.2, 0.25) is 0 Å². The van der Waals surface area contributed by atoms with Crippen LogP contribution in [0.5, 0.6) is 0 Å². The highest BCUT2D eigenvalue weighted by Crippen LogP contribution is 2.17. The van der Waals surface area contributed by atoms with Crippen molar-refractivity contribution in [3.05, 3.63) is 0 Å². The topological polar surface area (TPSA) is 41.1 Å². The standard InChI is InChI=1S/C11H22N2O/c1-8(2)9(3)6-13-11(14)7-12-10-4-5-10/h8-10,12H,4-7H2,1-3H3,(H,13,14). The number of nitrogens with one attached hydrogen (secondary N) is 2. The van der Waals surface area contributed by atoms with Crippen molar-refractivity contribution in [2.45, 2.75) is 39.7 Å². The number of carbonyl (C=O) groups excluding carboxylic acids is 1. The van der Waals surface area contributed by atoms with Crippen LogP contribution in [-0.2, 0) is 4.79 Å². The molecule has 2 N–H and O–H groups in total. The monoisotopic (exact) mass is 198 g/mol. The number of hydrogen-bond donors (Lipinski definition) is 2. The molecule has 0 aliphatic heterocycles. The Labute approximate surface area is 86.6 Å². The fourth-order valence-electron chi connectivity index (χ4n) is 1.10. The molecule has 1 aliphatic rings. The average molecular weight is 198 g/mol. The highest BCUT2D eigenvalue weighted by molar-refractivity contribution is 5.78. The van der Waals surface area contributed by atoms with Gasteiger partial charge in [-0.1, -0.05) is 20.8 Å². The van der Waals surface area contributed by atoms with Gasteiger partial charge in [0, 0.05) is 12.6 Å². The average Bonchev–Trinajstić information content (AvgIpc) is 2.94. The highest BCUT2D eigenvalue weighted by atomic mass is 16.1. The minimum Gasteiger partial charge on any atom is -0.355 e. The summed E-state index contributed by atoms with van der Waals surface area (Å²) in [7, 11) is 0. The molecule has 0 aromatic carbocycles. The summed E-state index contributed by atoms with van der Waals surface area (Å²) in [5, 5.41) is 6.14. The van der Waals surface area contributed by atoms with Crippen LogP contribution in [0, 0.1) is 11.8 Å². The second-order valence-corrected chi connectivity index (χ2v) is 4.68. The van der Waals surface area contributed by atoms with Gasteiger partial charge in [0.25, 0.3) is 0 Å². The van der Waals surface area contributed by atoms with E-state index in [4.69, 9.17) is 0 Å². The maximum absolute atomic E-state index is 11.3. The van der Waals surface area contributed by atoms with Gasteiger partial charge >= 0.3 is 0 Å². The first-order valence-electron chi connectivity index (χ1n) is 5.59. The lowest BCUT2D eigenvalue weighted by atomic mass is 9.98. The zero-order valence-electron chi connectivity index (χ0n) is 9.47. The predicted octanol–water partition coefficient (Wildman–Crippen LogP) is 1.15. The molecule has 1 unspecified atom stereocenters. The Hall–Kier alpha value is -0.570. The van der Waals surface area contributed by atoms with Crippen molar-refractivity contribution in [3.8, 4) is 0 Å². The van der Waals surface area contributed by atoms with E-state index in [0.717, 1.165) is 6.54 Å². The van der Waals surface area contributed by atoms with E-state index in [9.17, 15) is 4.79 Å². The molecule has 0 heterocycles. The Kier molecular flexibility index (Phi) is 4.39. The number of carbonyl (C=O) groups is 1. The molecule has 1 atom stereocenters. The maximum Gasteiger partial charge on any atom is 0.233 e. The number of amides is 1. The number of rotatable bonds is 6. The van der Waals surface area contributed by atoms with Crippen LogP contribution in [0.3, 0.4) is 0 Å². The molecule has 82 valence electrons. The third kappa shape index (κ3) is 4.61. The first kappa shape index (κ1) is 11.5. The largest absolute Gasteiger partial charge is 0.355 e. The minimum absolute atomic E-state index is 0.129. The third-order valence-electron chi connectivity index (χ3n) is 2.89. The molecule has 0 aromatic rings. The van der Waals surface area contributed by atoms with E-state index in [2.05, 4.69) is 31.4 Å². The van der Waals surface area contributed by atoms with Crippen LogP contribution >= 0.6 is 0 Å². The molecule has 0 aromatic heterocycles. The lowest BCUT2D eigenvalue weighted by Crippen LogP contribution is -2.37. The van der Waals surface area contributed by atoms with Crippen molar-refractivity contribution in [2.24, 2.45) is 11.8 Å². The molecule has 1 amide bonds. The van der Waals surface area contributed by atoms with Gasteiger partial charge in [0.05, 0.1) is 6.54 Å². The van der Waals surface area contributed by atoms with Gasteiger partial charge in [0.1, 0.15) is 0 Å². The van der Waals surface area contributed by atoms with Crippen LogP contribution < -0.4 is 10.6 Å². The summed E-state index contributed by atoms with van der Waals surface area (Å²) < 4.78 is 0. The van der Waals surface area contributed by atoms with Gasteiger partial charge < -0.3 is 10.6 Å². The number of hydrogen-bond acceptors (Lipinski definition) is 2. The van der Waals surface area contributed by atoms with Crippen molar-refractivity contribution in [1.82, 2.24) is 10.6 Å². The summed E-state index contributed by atoms with van der Waals surface area (Å²) in [6.07, 6.45) is 2.46. The van der Waals surface area contributed by atoms with Crippen molar-refractivity contribution >= 4 is 5.91 Å². The smallest absolute Gasteiger partial charge is 0.233 e. The van der Waals surface area contributed by atoms with Gasteiger partial charge in [-0.3, -0.25) is 4.79 Å². The van der Waals surface area contributed by atoms with E-state index in [-0.39, 0.29) is 5.91 Å². The summed E-state index contributed by atoms with van der Waals surface area (Å²) in [4.78, 5) is 11.3. The van der Waals surface area contributed by atoms with Crippen molar-refractivity contribution < 1.29 is 4.79 Å². The molecule has 1 rings (SSSR count). The van der Waals surface area contributed by atoms with Crippen LogP contribution in [0.15, 0.2) is 0 Å². The van der Waals surface area contributed by atoms with Crippen molar-refractivity contribution in [2.75, 3.05) is 13.1 Å². The van der Waals surface area contributed by atoms with Gasteiger partial charge in [0.15, 0.2) is 0 Å². The Morgan fingerprint density at radius 3 is 2.50 bits per heavy atom. The molecule has 1 fully saturated rings. The predicted molar refractivity (Wildman–Crippen MR) is 58.0 cm³/mol. The molecule has 3 heteroatoms. The lowest BCUT2D eigenvalue weighted by molar-refractivity contribution is -0.120. The fourth-order valence-corrected chi connectivity index (χ4v) is 1.10. The molecule has 0 radical (unpaired) electrons. The molecule has 1 aliphatic carbocycles. The lowest BCUT2D eigenvalue weighted by Gasteiger charge is -2.16. The van der Waals surface area contributed by atoms with Gasteiger partial charge in [-0.15, -0.1) is 0 Å². The molecule has 0 saturated heterocycles. The second-order valence-electron chi connectivity index (χ2n) is 4.68. The first-order valence-corrected chi connectivity index (χ1v) is 5.59. The summed E-state index contributed by atoms with van der Waals surface area (Å²) in [5.41, 5.74) is 0. The zero-order chi connectivity index (χ0) is 10.6. The van der Waals surface area contributed by atoms with E-state index in [1.807, 2.05) is 0 Å². The first-order chi connectivity index (χ1) is 6.59. The van der Waals surface area contributed by atoms with Gasteiger partial charge in [-0.05, 0) is 24.7 Å². The molecular weight excluding hydrogens is 176 g/mol. The molecule has 0 spiro atoms. The van der Waals surface area contributed by atoms with Gasteiger partial charge in [-0.25, -0.2) is 0 Å². The maximum atomic E-state index is 11.3. The van der Waals surface area contributed by atoms with Crippen molar-refractivity contribution in [1.29, 1.82) is 0 Å². The normalized spacial score (nSPS) is 18.3. The summed E-state index contributed by atoms with van der Waals surface area (Å²) >= 11 is 0. The van der Waals surface area contributed by atoms with E-state index < -0.39 is 0 Å². The molecule has 14 heavy (non-hydrogen) atoms. The van der Waals surface area contributed by atoms with E-state index >= 15 is 0 Å². The summed E-state index contributed by atoms with van der Waals surface area (Å²) in [5.74, 6) is 1.32. The third-order valence-corrected chi connectivity index (χ3v) is 2.89. The Bertz CT molecular complexity index is 188. The van der Waals surface area contributed by atoms with Crippen LogP contribution in [-0.4, -0.2) is 25.0 Å². The molecular formula is C11H22N2O. The highest BCUT2D eigenvalue weighted by Gasteiger charge is 2.21. The molecule has 0 bridgehead atoms. The quantitative estimate of drug-likeness (QED) is 0.672. The Balaban J connectivity index is 2.01. The van der Waals surface area contributed by atoms with E-state index in [0.29, 0.717) is 24.4 Å². The van der Waals surface area contributed by atoms with Gasteiger partial charge in [-0.2, -0.15) is 0 Å². The van der Waals surface area contributed by atoms with Crippen LogP contribution in [0.1, 0.15) is 33.6 Å². The van der Waals surface area contributed by atoms with E-state index in [1.165, 1.54) is 12.8 Å². The minimum atomic E-state index is 0.129. The summed E-state index contributed by atoms with van der Waals surface area (Å²) in [6, 6.07) is 0.614. The SMILES string of the molecule is CC(C)C(C)CNC(=O)CNC1CC1. The molecule has 3 nitrogen and oxygen atoms in total. The van der Waals surface area contributed by atoms with E-state index in [1.54, 1.807) is 0 Å². The van der Waals surface area contributed by atoms with Crippen LogP contribution in [0.25, 0.3) is 0 Å². The molecule has 1 saturated carbocycles. The second kappa shape index (κ2) is 5.35. The zero-order valence-corrected chi connectivity index (χ0v) is 9.47.